The van der Waals surface area contributed by atoms with E-state index >= 15 is 0 Å². The maximum absolute atomic E-state index is 10.3. The third-order valence-corrected chi connectivity index (χ3v) is 2.57. The van der Waals surface area contributed by atoms with Crippen LogP contribution in [0, 0.1) is 5.92 Å². The number of hydrogen-bond acceptors (Lipinski definition) is 1. The van der Waals surface area contributed by atoms with E-state index in [1.807, 2.05) is 0 Å². The van der Waals surface area contributed by atoms with E-state index in [0.29, 0.717) is 10.7 Å². The van der Waals surface area contributed by atoms with Gasteiger partial charge in [-0.05, 0) is 11.6 Å². The van der Waals surface area contributed by atoms with E-state index in [1.165, 1.54) is 0 Å². The van der Waals surface area contributed by atoms with E-state index in [0.717, 1.165) is 0 Å². The minimum atomic E-state index is -0.293. The van der Waals surface area contributed by atoms with Crippen molar-refractivity contribution in [1.29, 1.82) is 0 Å². The molecule has 0 atom stereocenters. The van der Waals surface area contributed by atoms with Gasteiger partial charge in [-0.1, -0.05) is 31.9 Å². The fourth-order valence-electron chi connectivity index (χ4n) is 0.163. The second-order valence-electron chi connectivity index (χ2n) is 1.31. The molecule has 0 saturated heterocycles. The van der Waals surface area contributed by atoms with Gasteiger partial charge in [-0.2, -0.15) is 0 Å². The lowest BCUT2D eigenvalue weighted by molar-refractivity contribution is -0.113. The van der Waals surface area contributed by atoms with E-state index in [2.05, 4.69) is 31.9 Å². The van der Waals surface area contributed by atoms with Crippen molar-refractivity contribution in [1.82, 2.24) is 0 Å². The lowest BCUT2D eigenvalue weighted by atomic mass is 10.3. The molecule has 0 fully saturated rings. The van der Waals surface area contributed by atoms with Gasteiger partial charge in [0.2, 0.25) is 5.24 Å². The first kappa shape index (κ1) is 8.92. The third kappa shape index (κ3) is 3.05. The number of hydrogen-bond donors (Lipinski definition) is 0. The fourth-order valence-corrected chi connectivity index (χ4v) is 2.35. The zero-order valence-electron chi connectivity index (χ0n) is 4.03. The molecule has 0 saturated carbocycles. The Balaban J connectivity index is 3.52. The molecule has 48 valence electrons. The topological polar surface area (TPSA) is 17.1 Å². The van der Waals surface area contributed by atoms with E-state index in [4.69, 9.17) is 11.6 Å². The molecule has 4 heteroatoms. The van der Waals surface area contributed by atoms with Crippen LogP contribution in [0.15, 0.2) is 0 Å². The minimum absolute atomic E-state index is 0.0864. The Labute approximate surface area is 70.0 Å². The largest absolute Gasteiger partial charge is 0.281 e. The van der Waals surface area contributed by atoms with Crippen molar-refractivity contribution in [3.8, 4) is 0 Å². The molecule has 0 amide bonds. The Morgan fingerprint density at radius 2 is 1.88 bits per heavy atom. The standard InChI is InChI=1S/C4H5Br2ClO/c5-1-3(2-6)4(7)8/h3H,1-2H2. The summed E-state index contributed by atoms with van der Waals surface area (Å²) < 4.78 is 0. The van der Waals surface area contributed by atoms with E-state index in [9.17, 15) is 4.79 Å². The van der Waals surface area contributed by atoms with Gasteiger partial charge in [0.05, 0.1) is 5.92 Å². The molecule has 0 aliphatic carbocycles. The van der Waals surface area contributed by atoms with Crippen molar-refractivity contribution >= 4 is 48.7 Å². The fraction of sp³-hybridized carbons (Fsp3) is 0.750. The Kier molecular flexibility index (Phi) is 5.31. The van der Waals surface area contributed by atoms with Gasteiger partial charge in [0, 0.05) is 10.7 Å². The van der Waals surface area contributed by atoms with Crippen LogP contribution in [0.5, 0.6) is 0 Å². The highest BCUT2D eigenvalue weighted by molar-refractivity contribution is 9.09. The van der Waals surface area contributed by atoms with Gasteiger partial charge in [0.25, 0.3) is 0 Å². The number of carbonyl (C=O) groups is 1. The molecule has 0 aliphatic heterocycles. The van der Waals surface area contributed by atoms with Crippen molar-refractivity contribution in [2.45, 2.75) is 0 Å². The van der Waals surface area contributed by atoms with Crippen LogP contribution >= 0.6 is 43.5 Å². The van der Waals surface area contributed by atoms with Crippen molar-refractivity contribution in [2.75, 3.05) is 10.7 Å². The summed E-state index contributed by atoms with van der Waals surface area (Å²) in [5.74, 6) is -0.0864. The van der Waals surface area contributed by atoms with Crippen molar-refractivity contribution in [2.24, 2.45) is 5.92 Å². The first-order valence-electron chi connectivity index (χ1n) is 2.03. The van der Waals surface area contributed by atoms with Gasteiger partial charge in [0.1, 0.15) is 0 Å². The molecule has 0 aromatic heterocycles. The maximum atomic E-state index is 10.3. The molecule has 0 unspecified atom stereocenters. The summed E-state index contributed by atoms with van der Waals surface area (Å²) in [7, 11) is 0. The third-order valence-electron chi connectivity index (χ3n) is 0.693. The summed E-state index contributed by atoms with van der Waals surface area (Å²) in [5.41, 5.74) is 0. The lowest BCUT2D eigenvalue weighted by Gasteiger charge is -2.00. The highest BCUT2D eigenvalue weighted by atomic mass is 79.9. The molecule has 1 nitrogen and oxygen atoms in total. The molecule has 0 aromatic carbocycles. The second kappa shape index (κ2) is 4.77. The molecule has 0 heterocycles. The predicted octanol–water partition coefficient (Wildman–Crippen LogP) is 2.16. The average molecular weight is 264 g/mol. The normalized spacial score (nSPS) is 10.0. The van der Waals surface area contributed by atoms with Crippen LogP contribution in [0.2, 0.25) is 0 Å². The molecule has 0 radical (unpaired) electrons. The monoisotopic (exact) mass is 262 g/mol. The number of alkyl halides is 2. The average Bonchev–Trinajstić information content (AvgIpc) is 1.69. The number of halogens is 3. The summed E-state index contributed by atoms with van der Waals surface area (Å²) in [6.07, 6.45) is 0. The second-order valence-corrected chi connectivity index (χ2v) is 2.98. The molecule has 0 bridgehead atoms. The van der Waals surface area contributed by atoms with Crippen LogP contribution in [-0.2, 0) is 4.79 Å². The predicted molar refractivity (Wildman–Crippen MR) is 41.9 cm³/mol. The molecule has 8 heavy (non-hydrogen) atoms. The maximum Gasteiger partial charge on any atom is 0.226 e. The molecular formula is C4H5Br2ClO. The summed E-state index contributed by atoms with van der Waals surface area (Å²) in [6.45, 7) is 0. The minimum Gasteiger partial charge on any atom is -0.281 e. The Morgan fingerprint density at radius 1 is 1.50 bits per heavy atom. The SMILES string of the molecule is O=C(Cl)C(CBr)CBr. The Bertz CT molecular complexity index is 82.1. The molecule has 0 rings (SSSR count). The summed E-state index contributed by atoms with van der Waals surface area (Å²) in [4.78, 5) is 10.3. The van der Waals surface area contributed by atoms with Gasteiger partial charge in [0.15, 0.2) is 0 Å². The van der Waals surface area contributed by atoms with Crippen LogP contribution in [0.4, 0.5) is 0 Å². The highest BCUT2D eigenvalue weighted by Gasteiger charge is 2.11. The van der Waals surface area contributed by atoms with Crippen molar-refractivity contribution in [3.63, 3.8) is 0 Å². The van der Waals surface area contributed by atoms with Gasteiger partial charge >= 0.3 is 0 Å². The van der Waals surface area contributed by atoms with Crippen molar-refractivity contribution < 1.29 is 4.79 Å². The first-order valence-corrected chi connectivity index (χ1v) is 4.65. The highest BCUT2D eigenvalue weighted by Crippen LogP contribution is 2.08. The van der Waals surface area contributed by atoms with Crippen molar-refractivity contribution in [3.05, 3.63) is 0 Å². The van der Waals surface area contributed by atoms with Crippen LogP contribution in [0.1, 0.15) is 0 Å². The van der Waals surface area contributed by atoms with Gasteiger partial charge in [-0.15, -0.1) is 0 Å². The van der Waals surface area contributed by atoms with Gasteiger partial charge in [-0.25, -0.2) is 0 Å². The van der Waals surface area contributed by atoms with Crippen LogP contribution in [0.3, 0.4) is 0 Å². The van der Waals surface area contributed by atoms with Crippen LogP contribution < -0.4 is 0 Å². The quantitative estimate of drug-likeness (QED) is 0.564. The zero-order chi connectivity index (χ0) is 6.57. The zero-order valence-corrected chi connectivity index (χ0v) is 7.96. The Morgan fingerprint density at radius 3 is 1.88 bits per heavy atom. The van der Waals surface area contributed by atoms with Gasteiger partial charge in [-0.3, -0.25) is 4.79 Å². The molecular weight excluding hydrogens is 259 g/mol. The van der Waals surface area contributed by atoms with E-state index in [-0.39, 0.29) is 11.2 Å². The van der Waals surface area contributed by atoms with Crippen LogP contribution in [-0.4, -0.2) is 15.9 Å². The smallest absolute Gasteiger partial charge is 0.226 e. The molecule has 0 aromatic rings. The van der Waals surface area contributed by atoms with E-state index in [1.54, 1.807) is 0 Å². The summed E-state index contributed by atoms with van der Waals surface area (Å²) in [6, 6.07) is 0. The molecule has 0 aliphatic rings. The summed E-state index contributed by atoms with van der Waals surface area (Å²) in [5, 5.41) is 0.958. The summed E-state index contributed by atoms with van der Waals surface area (Å²) >= 11 is 11.4. The molecule has 0 spiro atoms. The molecule has 0 N–H and O–H groups in total. The van der Waals surface area contributed by atoms with Crippen LogP contribution in [0.25, 0.3) is 0 Å². The first-order chi connectivity index (χ1) is 3.72. The number of carbonyl (C=O) groups excluding carboxylic acids is 1. The van der Waals surface area contributed by atoms with Gasteiger partial charge < -0.3 is 0 Å². The van der Waals surface area contributed by atoms with E-state index < -0.39 is 0 Å². The number of rotatable bonds is 3. The Hall–Kier alpha value is 0.920. The lowest BCUT2D eigenvalue weighted by Crippen LogP contribution is -2.10.